The van der Waals surface area contributed by atoms with Crippen molar-refractivity contribution in [1.82, 2.24) is 9.55 Å². The van der Waals surface area contributed by atoms with E-state index in [1.54, 1.807) is 0 Å². The van der Waals surface area contributed by atoms with Crippen LogP contribution in [-0.4, -0.2) is 49.8 Å². The van der Waals surface area contributed by atoms with Crippen LogP contribution in [0.5, 0.6) is 0 Å². The lowest BCUT2D eigenvalue weighted by molar-refractivity contribution is -0.0549. The number of nitrogens with zero attached hydrogens (tertiary/aromatic N) is 2. The standard InChI is InChI=1S/C9H13N3O5/c10-5-1-2-12(9(16)11-5)8-7(15)6(14)4(3-13)17-8/h1-2,4,6-8,13-15H,3H2,(H2,10,11,16)/t4-,6-,7-,8-/m1/s1/i8+1. The van der Waals surface area contributed by atoms with E-state index in [-0.39, 0.29) is 5.82 Å². The number of aromatic nitrogens is 2. The Balaban J connectivity index is 2.32. The van der Waals surface area contributed by atoms with Crippen molar-refractivity contribution in [3.05, 3.63) is 22.7 Å². The van der Waals surface area contributed by atoms with Gasteiger partial charge in [-0.15, -0.1) is 0 Å². The molecule has 0 aromatic carbocycles. The van der Waals surface area contributed by atoms with Gasteiger partial charge in [-0.2, -0.15) is 4.98 Å². The molecular formula is C9H13N3O5. The van der Waals surface area contributed by atoms with E-state index in [2.05, 4.69) is 4.98 Å². The fraction of sp³-hybridized carbons (Fsp3) is 0.556. The molecular weight excluding hydrogens is 231 g/mol. The molecule has 1 saturated heterocycles. The quantitative estimate of drug-likeness (QED) is 0.421. The van der Waals surface area contributed by atoms with Gasteiger partial charge in [-0.25, -0.2) is 4.79 Å². The molecule has 1 aliphatic rings. The first kappa shape index (κ1) is 12.0. The van der Waals surface area contributed by atoms with Crippen LogP contribution in [-0.2, 0) is 4.74 Å². The second-order valence-corrected chi connectivity index (χ2v) is 3.77. The number of nitrogen functional groups attached to an aromatic ring is 1. The Morgan fingerprint density at radius 1 is 1.47 bits per heavy atom. The zero-order valence-electron chi connectivity index (χ0n) is 8.80. The third-order valence-electron chi connectivity index (χ3n) is 2.64. The van der Waals surface area contributed by atoms with Gasteiger partial charge in [0.25, 0.3) is 0 Å². The van der Waals surface area contributed by atoms with Crippen LogP contribution >= 0.6 is 0 Å². The Morgan fingerprint density at radius 2 is 2.18 bits per heavy atom. The minimum atomic E-state index is -1.31. The number of hydrogen-bond acceptors (Lipinski definition) is 7. The minimum absolute atomic E-state index is 0.0537. The molecule has 1 aliphatic heterocycles. The van der Waals surface area contributed by atoms with Crippen molar-refractivity contribution in [3.63, 3.8) is 0 Å². The molecule has 94 valence electrons. The molecule has 1 aromatic rings. The van der Waals surface area contributed by atoms with Crippen LogP contribution in [0, 0.1) is 0 Å². The first-order chi connectivity index (χ1) is 8.04. The van der Waals surface area contributed by atoms with E-state index in [1.807, 2.05) is 0 Å². The molecule has 5 N–H and O–H groups in total. The molecule has 0 aliphatic carbocycles. The van der Waals surface area contributed by atoms with Gasteiger partial charge >= 0.3 is 5.69 Å². The smallest absolute Gasteiger partial charge is 0.351 e. The number of ether oxygens (including phenoxy) is 1. The van der Waals surface area contributed by atoms with Crippen molar-refractivity contribution in [2.24, 2.45) is 0 Å². The van der Waals surface area contributed by atoms with Crippen LogP contribution in [0.25, 0.3) is 0 Å². The Kier molecular flexibility index (Phi) is 3.11. The first-order valence-electron chi connectivity index (χ1n) is 5.01. The predicted molar refractivity (Wildman–Crippen MR) is 55.9 cm³/mol. The van der Waals surface area contributed by atoms with E-state index in [9.17, 15) is 15.0 Å². The highest BCUT2D eigenvalue weighted by atomic mass is 16.6. The summed E-state index contributed by atoms with van der Waals surface area (Å²) in [5, 5.41) is 28.2. The van der Waals surface area contributed by atoms with E-state index >= 15 is 0 Å². The average Bonchev–Trinajstić information content (AvgIpc) is 2.57. The van der Waals surface area contributed by atoms with E-state index in [0.29, 0.717) is 0 Å². The summed E-state index contributed by atoms with van der Waals surface area (Å²) in [5.41, 5.74) is 4.63. The van der Waals surface area contributed by atoms with Gasteiger partial charge < -0.3 is 25.8 Å². The molecule has 0 radical (unpaired) electrons. The molecule has 1 aromatic heterocycles. The molecule has 0 spiro atoms. The minimum Gasteiger partial charge on any atom is -0.394 e. The molecule has 0 saturated carbocycles. The first-order valence-corrected chi connectivity index (χ1v) is 5.01. The SMILES string of the molecule is Nc1ccn([13C@@H]2O[C@H](CO)[C@@H](O)[C@H]2O)c(=O)n1. The Morgan fingerprint density at radius 3 is 2.71 bits per heavy atom. The summed E-state index contributed by atoms with van der Waals surface area (Å²) in [6, 6.07) is 1.37. The highest BCUT2D eigenvalue weighted by molar-refractivity contribution is 5.23. The molecule has 0 unspecified atom stereocenters. The number of aliphatic hydroxyl groups excluding tert-OH is 3. The number of anilines is 1. The topological polar surface area (TPSA) is 131 Å². The molecule has 8 nitrogen and oxygen atoms in total. The summed E-state index contributed by atoms with van der Waals surface area (Å²) in [5.74, 6) is 0.0537. The summed E-state index contributed by atoms with van der Waals surface area (Å²) >= 11 is 0. The van der Waals surface area contributed by atoms with E-state index in [0.717, 1.165) is 4.57 Å². The summed E-state index contributed by atoms with van der Waals surface area (Å²) in [6.45, 7) is -0.453. The zero-order valence-corrected chi connectivity index (χ0v) is 8.80. The van der Waals surface area contributed by atoms with Crippen LogP contribution in [0.2, 0.25) is 0 Å². The molecule has 0 amide bonds. The molecule has 2 heterocycles. The van der Waals surface area contributed by atoms with Crippen molar-refractivity contribution in [2.45, 2.75) is 24.5 Å². The lowest BCUT2D eigenvalue weighted by Crippen LogP contribution is -2.36. The molecule has 4 atom stereocenters. The third kappa shape index (κ3) is 2.03. The van der Waals surface area contributed by atoms with Crippen LogP contribution < -0.4 is 11.4 Å². The maximum absolute atomic E-state index is 11.5. The predicted octanol–water partition coefficient (Wildman–Crippen LogP) is -2.56. The molecule has 0 bridgehead atoms. The maximum atomic E-state index is 11.5. The monoisotopic (exact) mass is 244 g/mol. The van der Waals surface area contributed by atoms with Gasteiger partial charge in [0.05, 0.1) is 6.61 Å². The van der Waals surface area contributed by atoms with Crippen molar-refractivity contribution < 1.29 is 20.1 Å². The van der Waals surface area contributed by atoms with Crippen molar-refractivity contribution >= 4 is 5.82 Å². The second kappa shape index (κ2) is 4.41. The van der Waals surface area contributed by atoms with E-state index < -0.39 is 36.8 Å². The van der Waals surface area contributed by atoms with Crippen molar-refractivity contribution in [2.75, 3.05) is 12.3 Å². The van der Waals surface area contributed by atoms with Gasteiger partial charge in [0.1, 0.15) is 24.1 Å². The number of hydrogen-bond donors (Lipinski definition) is 4. The van der Waals surface area contributed by atoms with Crippen LogP contribution in [0.1, 0.15) is 6.23 Å². The van der Waals surface area contributed by atoms with Crippen LogP contribution in [0.15, 0.2) is 17.1 Å². The van der Waals surface area contributed by atoms with Crippen molar-refractivity contribution in [1.29, 1.82) is 0 Å². The van der Waals surface area contributed by atoms with E-state index in [4.69, 9.17) is 15.6 Å². The lowest BCUT2D eigenvalue weighted by Gasteiger charge is -2.16. The van der Waals surface area contributed by atoms with Gasteiger partial charge in [0.15, 0.2) is 6.23 Å². The van der Waals surface area contributed by atoms with Gasteiger partial charge in [0.2, 0.25) is 0 Å². The zero-order chi connectivity index (χ0) is 12.6. The number of aliphatic hydroxyl groups is 3. The van der Waals surface area contributed by atoms with Gasteiger partial charge in [0, 0.05) is 6.20 Å². The highest BCUT2D eigenvalue weighted by Gasteiger charge is 2.43. The van der Waals surface area contributed by atoms with Gasteiger partial charge in [-0.3, -0.25) is 4.57 Å². The second-order valence-electron chi connectivity index (χ2n) is 3.77. The van der Waals surface area contributed by atoms with E-state index in [1.165, 1.54) is 12.3 Å². The van der Waals surface area contributed by atoms with Gasteiger partial charge in [-0.1, -0.05) is 0 Å². The van der Waals surface area contributed by atoms with Crippen LogP contribution in [0.3, 0.4) is 0 Å². The molecule has 17 heavy (non-hydrogen) atoms. The van der Waals surface area contributed by atoms with Gasteiger partial charge in [-0.05, 0) is 6.07 Å². The normalized spacial score (nSPS) is 32.9. The summed E-state index contributed by atoms with van der Waals surface area (Å²) in [4.78, 5) is 15.0. The number of nitrogens with two attached hydrogens (primary N) is 1. The summed E-state index contributed by atoms with van der Waals surface area (Å²) < 4.78 is 6.19. The summed E-state index contributed by atoms with van der Waals surface area (Å²) in [7, 11) is 0. The van der Waals surface area contributed by atoms with Crippen molar-refractivity contribution in [3.8, 4) is 0 Å². The number of rotatable bonds is 2. The third-order valence-corrected chi connectivity index (χ3v) is 2.64. The fourth-order valence-corrected chi connectivity index (χ4v) is 1.73. The highest BCUT2D eigenvalue weighted by Crippen LogP contribution is 2.27. The average molecular weight is 244 g/mol. The molecule has 8 heteroatoms. The molecule has 2 rings (SSSR count). The summed E-state index contributed by atoms with van der Waals surface area (Å²) in [6.07, 6.45) is -3.27. The maximum Gasteiger partial charge on any atom is 0.351 e. The Bertz CT molecular complexity index is 462. The largest absolute Gasteiger partial charge is 0.394 e. The Labute approximate surface area is 95.9 Å². The van der Waals surface area contributed by atoms with Crippen LogP contribution in [0.4, 0.5) is 5.82 Å². The lowest BCUT2D eigenvalue weighted by atomic mass is 10.2. The Hall–Kier alpha value is -1.48. The fourth-order valence-electron chi connectivity index (χ4n) is 1.73. The molecule has 1 fully saturated rings.